The van der Waals surface area contributed by atoms with Crippen molar-refractivity contribution in [1.82, 2.24) is 19.4 Å². The van der Waals surface area contributed by atoms with Gasteiger partial charge in [-0.25, -0.2) is 8.91 Å². The zero-order valence-corrected chi connectivity index (χ0v) is 14.5. The van der Waals surface area contributed by atoms with Gasteiger partial charge in [-0.2, -0.15) is 5.10 Å². The Balaban J connectivity index is 1.30. The van der Waals surface area contributed by atoms with Crippen molar-refractivity contribution in [2.24, 2.45) is 0 Å². The molecule has 6 heteroatoms. The lowest BCUT2D eigenvalue weighted by molar-refractivity contribution is -0.132. The predicted octanol–water partition coefficient (Wildman–Crippen LogP) is 2.36. The molecule has 3 heterocycles. The van der Waals surface area contributed by atoms with Gasteiger partial charge in [0.1, 0.15) is 5.82 Å². The Morgan fingerprint density at radius 2 is 1.81 bits per heavy atom. The van der Waals surface area contributed by atoms with Gasteiger partial charge in [-0.05, 0) is 35.9 Å². The molecule has 1 saturated heterocycles. The van der Waals surface area contributed by atoms with Crippen LogP contribution in [0.25, 0.3) is 5.52 Å². The molecule has 1 aromatic carbocycles. The third-order valence-corrected chi connectivity index (χ3v) is 4.80. The van der Waals surface area contributed by atoms with E-state index in [0.29, 0.717) is 19.5 Å². The van der Waals surface area contributed by atoms with Crippen LogP contribution >= 0.6 is 0 Å². The Morgan fingerprint density at radius 1 is 1.04 bits per heavy atom. The summed E-state index contributed by atoms with van der Waals surface area (Å²) in [4.78, 5) is 16.6. The van der Waals surface area contributed by atoms with Gasteiger partial charge in [0, 0.05) is 38.9 Å². The van der Waals surface area contributed by atoms with Crippen LogP contribution in [0.1, 0.15) is 11.3 Å². The quantitative estimate of drug-likeness (QED) is 0.724. The number of aromatic nitrogens is 2. The minimum absolute atomic E-state index is 0.101. The number of pyridine rings is 1. The number of hydrogen-bond donors (Lipinski definition) is 0. The highest BCUT2D eigenvalue weighted by Crippen LogP contribution is 2.12. The summed E-state index contributed by atoms with van der Waals surface area (Å²) in [6, 6.07) is 14.3. The largest absolute Gasteiger partial charge is 0.340 e. The van der Waals surface area contributed by atoms with Gasteiger partial charge < -0.3 is 4.90 Å². The van der Waals surface area contributed by atoms with Crippen LogP contribution in [0.15, 0.2) is 54.7 Å². The molecule has 0 N–H and O–H groups in total. The summed E-state index contributed by atoms with van der Waals surface area (Å²) in [6.45, 7) is 3.90. The standard InChI is InChI=1S/C20H21FN4O/c21-17-6-4-16(5-7-17)13-20(26)24-11-9-23(10-12-24)15-18-14-19-3-1-2-8-25(19)22-18/h1-8,14H,9-13,15H2. The van der Waals surface area contributed by atoms with Gasteiger partial charge in [-0.15, -0.1) is 0 Å². The minimum atomic E-state index is -0.276. The molecule has 0 unspecified atom stereocenters. The van der Waals surface area contributed by atoms with Gasteiger partial charge in [-0.3, -0.25) is 9.69 Å². The number of amides is 1. The van der Waals surface area contributed by atoms with E-state index in [-0.39, 0.29) is 11.7 Å². The summed E-state index contributed by atoms with van der Waals surface area (Å²) >= 11 is 0. The lowest BCUT2D eigenvalue weighted by Gasteiger charge is -2.34. The summed E-state index contributed by atoms with van der Waals surface area (Å²) in [5.41, 5.74) is 2.99. The highest BCUT2D eigenvalue weighted by molar-refractivity contribution is 5.78. The Hall–Kier alpha value is -2.73. The van der Waals surface area contributed by atoms with Crippen molar-refractivity contribution in [3.63, 3.8) is 0 Å². The van der Waals surface area contributed by atoms with E-state index in [9.17, 15) is 9.18 Å². The minimum Gasteiger partial charge on any atom is -0.340 e. The van der Waals surface area contributed by atoms with Gasteiger partial charge in [-0.1, -0.05) is 18.2 Å². The van der Waals surface area contributed by atoms with Crippen LogP contribution in [-0.4, -0.2) is 51.5 Å². The number of rotatable bonds is 4. The summed E-state index contributed by atoms with van der Waals surface area (Å²) in [6.07, 6.45) is 2.28. The van der Waals surface area contributed by atoms with E-state index in [2.05, 4.69) is 16.1 Å². The van der Waals surface area contributed by atoms with E-state index in [1.54, 1.807) is 12.1 Å². The van der Waals surface area contributed by atoms with E-state index in [1.165, 1.54) is 12.1 Å². The van der Waals surface area contributed by atoms with Gasteiger partial charge in [0.2, 0.25) is 5.91 Å². The van der Waals surface area contributed by atoms with Crippen molar-refractivity contribution in [3.05, 3.63) is 71.8 Å². The number of hydrogen-bond acceptors (Lipinski definition) is 3. The second-order valence-corrected chi connectivity index (χ2v) is 6.67. The summed E-state index contributed by atoms with van der Waals surface area (Å²) < 4.78 is 14.8. The van der Waals surface area contributed by atoms with Crippen LogP contribution in [0, 0.1) is 5.82 Å². The number of benzene rings is 1. The number of halogens is 1. The third-order valence-electron chi connectivity index (χ3n) is 4.80. The molecule has 2 aromatic heterocycles. The highest BCUT2D eigenvalue weighted by atomic mass is 19.1. The van der Waals surface area contributed by atoms with Crippen LogP contribution in [-0.2, 0) is 17.8 Å². The normalized spacial score (nSPS) is 15.5. The average Bonchev–Trinajstić information content (AvgIpc) is 3.06. The molecule has 0 aliphatic carbocycles. The highest BCUT2D eigenvalue weighted by Gasteiger charge is 2.21. The molecule has 26 heavy (non-hydrogen) atoms. The first-order valence-corrected chi connectivity index (χ1v) is 8.85. The van der Waals surface area contributed by atoms with Gasteiger partial charge >= 0.3 is 0 Å². The number of nitrogens with zero attached hydrogens (tertiary/aromatic N) is 4. The first-order chi connectivity index (χ1) is 12.7. The van der Waals surface area contributed by atoms with Crippen LogP contribution in [0.3, 0.4) is 0 Å². The van der Waals surface area contributed by atoms with Crippen LogP contribution in [0.2, 0.25) is 0 Å². The van der Waals surface area contributed by atoms with Gasteiger partial charge in [0.05, 0.1) is 17.6 Å². The van der Waals surface area contributed by atoms with Gasteiger partial charge in [0.25, 0.3) is 0 Å². The molecule has 5 nitrogen and oxygen atoms in total. The molecular weight excluding hydrogens is 331 g/mol. The predicted molar refractivity (Wildman–Crippen MR) is 97.2 cm³/mol. The summed E-state index contributed by atoms with van der Waals surface area (Å²) in [5, 5.41) is 4.59. The maximum Gasteiger partial charge on any atom is 0.227 e. The van der Waals surface area contributed by atoms with Crippen LogP contribution in [0.5, 0.6) is 0 Å². The second kappa shape index (κ2) is 7.25. The monoisotopic (exact) mass is 352 g/mol. The van der Waals surface area contributed by atoms with Crippen molar-refractivity contribution in [2.75, 3.05) is 26.2 Å². The Morgan fingerprint density at radius 3 is 2.54 bits per heavy atom. The van der Waals surface area contributed by atoms with E-state index in [1.807, 2.05) is 33.8 Å². The summed E-state index contributed by atoms with van der Waals surface area (Å²) in [5.74, 6) is -0.175. The van der Waals surface area contributed by atoms with Crippen LogP contribution < -0.4 is 0 Å². The molecule has 1 amide bonds. The third kappa shape index (κ3) is 3.75. The second-order valence-electron chi connectivity index (χ2n) is 6.67. The first kappa shape index (κ1) is 16.7. The fourth-order valence-electron chi connectivity index (χ4n) is 3.34. The van der Waals surface area contributed by atoms with Crippen molar-refractivity contribution < 1.29 is 9.18 Å². The molecule has 134 valence electrons. The maximum absolute atomic E-state index is 13.0. The first-order valence-electron chi connectivity index (χ1n) is 8.85. The molecule has 0 saturated carbocycles. The molecule has 1 aliphatic rings. The molecule has 4 rings (SSSR count). The van der Waals surface area contributed by atoms with E-state index < -0.39 is 0 Å². The lowest BCUT2D eigenvalue weighted by Crippen LogP contribution is -2.48. The zero-order valence-electron chi connectivity index (χ0n) is 14.5. The number of piperazine rings is 1. The zero-order chi connectivity index (χ0) is 17.9. The van der Waals surface area contributed by atoms with Gasteiger partial charge in [0.15, 0.2) is 0 Å². The molecule has 1 aliphatic heterocycles. The molecule has 0 bridgehead atoms. The van der Waals surface area contributed by atoms with E-state index in [0.717, 1.165) is 36.4 Å². The lowest BCUT2D eigenvalue weighted by atomic mass is 10.1. The SMILES string of the molecule is O=C(Cc1ccc(F)cc1)N1CCN(Cc2cc3ccccn3n2)CC1. The van der Waals surface area contributed by atoms with Crippen molar-refractivity contribution >= 4 is 11.4 Å². The molecule has 3 aromatic rings. The maximum atomic E-state index is 13.0. The van der Waals surface area contributed by atoms with E-state index in [4.69, 9.17) is 0 Å². The van der Waals surface area contributed by atoms with Crippen LogP contribution in [0.4, 0.5) is 4.39 Å². The Kier molecular flexibility index (Phi) is 4.67. The Labute approximate surface area is 151 Å². The van der Waals surface area contributed by atoms with Crippen molar-refractivity contribution in [1.29, 1.82) is 0 Å². The number of carbonyl (C=O) groups excluding carboxylic acids is 1. The van der Waals surface area contributed by atoms with Crippen molar-refractivity contribution in [2.45, 2.75) is 13.0 Å². The molecular formula is C20H21FN4O. The fourth-order valence-corrected chi connectivity index (χ4v) is 3.34. The topological polar surface area (TPSA) is 40.9 Å². The summed E-state index contributed by atoms with van der Waals surface area (Å²) in [7, 11) is 0. The van der Waals surface area contributed by atoms with E-state index >= 15 is 0 Å². The fraction of sp³-hybridized carbons (Fsp3) is 0.300. The number of carbonyl (C=O) groups is 1. The smallest absolute Gasteiger partial charge is 0.227 e. The molecule has 0 radical (unpaired) electrons. The molecule has 1 fully saturated rings. The Bertz CT molecular complexity index is 865. The van der Waals surface area contributed by atoms with Crippen molar-refractivity contribution in [3.8, 4) is 0 Å². The average molecular weight is 352 g/mol. The number of fused-ring (bicyclic) bond motifs is 1. The molecule has 0 atom stereocenters. The molecule has 0 spiro atoms.